The summed E-state index contributed by atoms with van der Waals surface area (Å²) in [4.78, 5) is 0. The van der Waals surface area contributed by atoms with Crippen molar-refractivity contribution in [2.45, 2.75) is 130 Å². The lowest BCUT2D eigenvalue weighted by Gasteiger charge is -2.61. The topological polar surface area (TPSA) is 26.0 Å². The van der Waals surface area contributed by atoms with E-state index in [2.05, 4.69) is 34.6 Å². The van der Waals surface area contributed by atoms with Crippen LogP contribution in [0.5, 0.6) is 0 Å². The number of nitrogens with two attached hydrogens (primary N) is 1. The van der Waals surface area contributed by atoms with Gasteiger partial charge < -0.3 is 5.73 Å². The summed E-state index contributed by atoms with van der Waals surface area (Å²) in [6.45, 7) is 12.6. The maximum absolute atomic E-state index is 6.67. The third-order valence-electron chi connectivity index (χ3n) is 11.8. The summed E-state index contributed by atoms with van der Waals surface area (Å²) in [5.41, 5.74) is 8.06. The van der Waals surface area contributed by atoms with Gasteiger partial charge in [0.05, 0.1) is 0 Å². The minimum absolute atomic E-state index is 0.0821. The first kappa shape index (κ1) is 22.2. The summed E-state index contributed by atoms with van der Waals surface area (Å²) >= 11 is 0. The Balaban J connectivity index is 1.46. The van der Waals surface area contributed by atoms with E-state index >= 15 is 0 Å². The van der Waals surface area contributed by atoms with Crippen LogP contribution in [0.1, 0.15) is 125 Å². The Morgan fingerprint density at radius 2 is 1.59 bits per heavy atom. The van der Waals surface area contributed by atoms with Crippen LogP contribution in [0.2, 0.25) is 0 Å². The monoisotopic (exact) mass is 401 g/mol. The number of rotatable bonds is 6. The summed E-state index contributed by atoms with van der Waals surface area (Å²) in [6, 6.07) is 0. The van der Waals surface area contributed by atoms with E-state index in [0.29, 0.717) is 10.8 Å². The molecular weight excluding hydrogens is 350 g/mol. The lowest BCUT2D eigenvalue weighted by Crippen LogP contribution is -2.53. The molecule has 0 heterocycles. The summed E-state index contributed by atoms with van der Waals surface area (Å²) in [5, 5.41) is 0. The minimum atomic E-state index is 0.0821. The third kappa shape index (κ3) is 3.64. The minimum Gasteiger partial charge on any atom is -0.325 e. The summed E-state index contributed by atoms with van der Waals surface area (Å²) in [5.74, 6) is 5.97. The fourth-order valence-corrected chi connectivity index (χ4v) is 9.59. The highest BCUT2D eigenvalue weighted by Crippen LogP contribution is 2.68. The summed E-state index contributed by atoms with van der Waals surface area (Å²) < 4.78 is 0. The van der Waals surface area contributed by atoms with Crippen molar-refractivity contribution in [1.82, 2.24) is 0 Å². The molecule has 0 aromatic heterocycles. The Hall–Kier alpha value is -0.0400. The first-order valence-corrected chi connectivity index (χ1v) is 13.6. The second-order valence-electron chi connectivity index (χ2n) is 12.7. The van der Waals surface area contributed by atoms with Gasteiger partial charge in [-0.05, 0) is 123 Å². The smallest absolute Gasteiger partial charge is 0.0149 e. The first-order valence-electron chi connectivity index (χ1n) is 13.6. The quantitative estimate of drug-likeness (QED) is 0.480. The zero-order valence-electron chi connectivity index (χ0n) is 20.4. The van der Waals surface area contributed by atoms with Crippen molar-refractivity contribution < 1.29 is 0 Å². The van der Waals surface area contributed by atoms with Gasteiger partial charge in [0.15, 0.2) is 0 Å². The van der Waals surface area contributed by atoms with Crippen molar-refractivity contribution in [3.63, 3.8) is 0 Å². The number of hydrogen-bond acceptors (Lipinski definition) is 1. The van der Waals surface area contributed by atoms with E-state index in [1.807, 2.05) is 0 Å². The van der Waals surface area contributed by atoms with E-state index in [1.54, 1.807) is 19.3 Å². The van der Waals surface area contributed by atoms with E-state index in [4.69, 9.17) is 5.73 Å². The Labute approximate surface area is 182 Å². The van der Waals surface area contributed by atoms with Crippen LogP contribution in [0.25, 0.3) is 0 Å². The van der Waals surface area contributed by atoms with Gasteiger partial charge in [0.2, 0.25) is 0 Å². The summed E-state index contributed by atoms with van der Waals surface area (Å²) in [7, 11) is 0. The Morgan fingerprint density at radius 3 is 2.31 bits per heavy atom. The van der Waals surface area contributed by atoms with Gasteiger partial charge in [-0.3, -0.25) is 0 Å². The highest BCUT2D eigenvalue weighted by Gasteiger charge is 2.60. The van der Waals surface area contributed by atoms with Crippen LogP contribution in [0.15, 0.2) is 0 Å². The molecule has 2 N–H and O–H groups in total. The molecule has 1 heteroatoms. The predicted octanol–water partition coefficient (Wildman–Crippen LogP) is 7.97. The molecular formula is C28H51N. The second kappa shape index (κ2) is 8.14. The molecule has 0 bridgehead atoms. The maximum atomic E-state index is 6.67. The van der Waals surface area contributed by atoms with Crippen molar-refractivity contribution >= 4 is 0 Å². The fourth-order valence-electron chi connectivity index (χ4n) is 9.59. The van der Waals surface area contributed by atoms with Crippen molar-refractivity contribution in [2.24, 2.45) is 52.1 Å². The maximum Gasteiger partial charge on any atom is 0.0149 e. The van der Waals surface area contributed by atoms with E-state index in [1.165, 1.54) is 57.8 Å². The summed E-state index contributed by atoms with van der Waals surface area (Å²) in [6.07, 6.45) is 20.1. The van der Waals surface area contributed by atoms with Crippen LogP contribution >= 0.6 is 0 Å². The zero-order chi connectivity index (χ0) is 20.9. The Kier molecular flexibility index (Phi) is 6.22. The molecule has 29 heavy (non-hydrogen) atoms. The van der Waals surface area contributed by atoms with Crippen LogP contribution < -0.4 is 5.73 Å². The van der Waals surface area contributed by atoms with Gasteiger partial charge in [0.25, 0.3) is 0 Å². The largest absolute Gasteiger partial charge is 0.325 e. The van der Waals surface area contributed by atoms with Crippen molar-refractivity contribution in [2.75, 3.05) is 0 Å². The van der Waals surface area contributed by atoms with Gasteiger partial charge >= 0.3 is 0 Å². The molecule has 1 nitrogen and oxygen atoms in total. The molecule has 0 radical (unpaired) electrons. The average Bonchev–Trinajstić information content (AvgIpc) is 3.08. The van der Waals surface area contributed by atoms with Gasteiger partial charge in [-0.25, -0.2) is 0 Å². The molecule has 168 valence electrons. The van der Waals surface area contributed by atoms with Gasteiger partial charge in [-0.15, -0.1) is 0 Å². The van der Waals surface area contributed by atoms with E-state index in [0.717, 1.165) is 48.3 Å². The molecule has 0 aliphatic heterocycles. The third-order valence-corrected chi connectivity index (χ3v) is 11.8. The molecule has 4 saturated carbocycles. The molecule has 0 amide bonds. The van der Waals surface area contributed by atoms with Gasteiger partial charge in [-0.2, -0.15) is 0 Å². The van der Waals surface area contributed by atoms with Crippen LogP contribution in [0, 0.1) is 46.3 Å². The SMILES string of the molecule is CCC(N)(CC)CC[C@@H](C)[C@H]1CC[C@H]2[C@@H]3CCC4CCCC[C@]4(C)[C@H]3CC[C@]12C. The molecule has 1 unspecified atom stereocenters. The molecule has 0 spiro atoms. The standard InChI is InChI=1S/C28H51N/c1-6-28(29,7-2)19-15-20(3)23-13-14-24-22-12-11-21-10-8-9-17-26(21,4)25(22)16-18-27(23,24)5/h20-25H,6-19,29H2,1-5H3/t20-,21?,22+,23-,24+,25+,26+,27-/m1/s1. The van der Waals surface area contributed by atoms with Crippen molar-refractivity contribution in [3.05, 3.63) is 0 Å². The predicted molar refractivity (Wildman–Crippen MR) is 126 cm³/mol. The van der Waals surface area contributed by atoms with Crippen molar-refractivity contribution in [1.29, 1.82) is 0 Å². The molecule has 4 aliphatic carbocycles. The Morgan fingerprint density at radius 1 is 0.862 bits per heavy atom. The van der Waals surface area contributed by atoms with E-state index in [9.17, 15) is 0 Å². The van der Waals surface area contributed by atoms with Gasteiger partial charge in [-0.1, -0.05) is 47.5 Å². The Bertz CT molecular complexity index is 565. The normalized spacial score (nSPS) is 45.9. The number of fused-ring (bicyclic) bond motifs is 5. The molecule has 8 atom stereocenters. The highest BCUT2D eigenvalue weighted by atomic mass is 14.7. The lowest BCUT2D eigenvalue weighted by molar-refractivity contribution is -0.114. The average molecular weight is 402 g/mol. The van der Waals surface area contributed by atoms with E-state index in [-0.39, 0.29) is 5.54 Å². The molecule has 4 aliphatic rings. The van der Waals surface area contributed by atoms with Crippen molar-refractivity contribution in [3.8, 4) is 0 Å². The first-order chi connectivity index (χ1) is 13.8. The molecule has 4 fully saturated rings. The second-order valence-corrected chi connectivity index (χ2v) is 12.7. The van der Waals surface area contributed by atoms with Crippen LogP contribution in [-0.2, 0) is 0 Å². The highest BCUT2D eigenvalue weighted by molar-refractivity contribution is 5.09. The fraction of sp³-hybridized carbons (Fsp3) is 1.00. The van der Waals surface area contributed by atoms with Crippen LogP contribution in [0.4, 0.5) is 0 Å². The van der Waals surface area contributed by atoms with Crippen LogP contribution in [-0.4, -0.2) is 5.54 Å². The van der Waals surface area contributed by atoms with Gasteiger partial charge in [0, 0.05) is 5.54 Å². The molecule has 0 aromatic rings. The molecule has 0 saturated heterocycles. The van der Waals surface area contributed by atoms with Crippen LogP contribution in [0.3, 0.4) is 0 Å². The zero-order valence-corrected chi connectivity index (χ0v) is 20.4. The van der Waals surface area contributed by atoms with E-state index < -0.39 is 0 Å². The molecule has 0 aromatic carbocycles. The molecule has 4 rings (SSSR count). The lowest BCUT2D eigenvalue weighted by atomic mass is 9.44. The van der Waals surface area contributed by atoms with Gasteiger partial charge in [0.1, 0.15) is 0 Å². The number of hydrogen-bond donors (Lipinski definition) is 1.